The molecule has 0 bridgehead atoms. The van der Waals surface area contributed by atoms with E-state index in [0.717, 1.165) is 33.7 Å². The highest BCUT2D eigenvalue weighted by Crippen LogP contribution is 2.29. The normalized spacial score (nSPS) is 15.5. The second-order valence-electron chi connectivity index (χ2n) is 7.31. The van der Waals surface area contributed by atoms with Gasteiger partial charge in [-0.3, -0.25) is 0 Å². The number of piperazine rings is 1. The minimum absolute atomic E-state index is 0.327. The summed E-state index contributed by atoms with van der Waals surface area (Å²) in [5.74, 6) is 0. The molecule has 0 unspecified atom stereocenters. The molecule has 0 saturated carbocycles. The standard InChI is InChI=1S/C22H24BrN3O2S2/c1-2-4-17-7-9-18(10-8-17)21-16-29-22(24-21)25-11-13-26(14-12-25)30(27,28)20-6-3-5-19(23)15-20/h3,5-10,15-16H,2,4,11-14H2,1H3. The van der Waals surface area contributed by atoms with Gasteiger partial charge in [0.2, 0.25) is 10.0 Å². The maximum atomic E-state index is 12.9. The van der Waals surface area contributed by atoms with Crippen LogP contribution in [0.2, 0.25) is 0 Å². The molecule has 1 aromatic heterocycles. The molecule has 1 fully saturated rings. The van der Waals surface area contributed by atoms with Crippen LogP contribution in [0.5, 0.6) is 0 Å². The number of hydrogen-bond donors (Lipinski definition) is 0. The van der Waals surface area contributed by atoms with Gasteiger partial charge < -0.3 is 4.90 Å². The molecule has 3 aromatic rings. The molecule has 0 radical (unpaired) electrons. The lowest BCUT2D eigenvalue weighted by Gasteiger charge is -2.33. The fourth-order valence-corrected chi connectivity index (χ4v) is 6.48. The van der Waals surface area contributed by atoms with E-state index in [1.54, 1.807) is 33.8 Å². The number of benzene rings is 2. The fourth-order valence-electron chi connectivity index (χ4n) is 3.57. The van der Waals surface area contributed by atoms with Crippen molar-refractivity contribution in [3.8, 4) is 11.3 Å². The molecule has 0 amide bonds. The zero-order valence-electron chi connectivity index (χ0n) is 16.8. The highest BCUT2D eigenvalue weighted by atomic mass is 79.9. The van der Waals surface area contributed by atoms with E-state index in [4.69, 9.17) is 4.98 Å². The highest BCUT2D eigenvalue weighted by molar-refractivity contribution is 9.10. The van der Waals surface area contributed by atoms with Gasteiger partial charge >= 0.3 is 0 Å². The fraction of sp³-hybridized carbons (Fsp3) is 0.318. The first-order valence-electron chi connectivity index (χ1n) is 10.0. The number of rotatable bonds is 6. The lowest BCUT2D eigenvalue weighted by atomic mass is 10.1. The smallest absolute Gasteiger partial charge is 0.243 e. The predicted molar refractivity (Wildman–Crippen MR) is 127 cm³/mol. The maximum absolute atomic E-state index is 12.9. The van der Waals surface area contributed by atoms with Crippen molar-refractivity contribution in [2.24, 2.45) is 0 Å². The van der Waals surface area contributed by atoms with Crippen molar-refractivity contribution in [1.82, 2.24) is 9.29 Å². The molecule has 0 N–H and O–H groups in total. The molecule has 1 aliphatic heterocycles. The van der Waals surface area contributed by atoms with Crippen LogP contribution in [0.4, 0.5) is 5.13 Å². The highest BCUT2D eigenvalue weighted by Gasteiger charge is 2.29. The van der Waals surface area contributed by atoms with Gasteiger partial charge in [-0.25, -0.2) is 13.4 Å². The van der Waals surface area contributed by atoms with Crippen LogP contribution in [0.25, 0.3) is 11.3 Å². The Balaban J connectivity index is 1.42. The Hall–Kier alpha value is -1.74. The van der Waals surface area contributed by atoms with Crippen molar-refractivity contribution in [2.45, 2.75) is 24.7 Å². The first-order chi connectivity index (χ1) is 14.5. The molecule has 30 heavy (non-hydrogen) atoms. The van der Waals surface area contributed by atoms with Gasteiger partial charge in [0, 0.05) is 41.6 Å². The van der Waals surface area contributed by atoms with Gasteiger partial charge in [0.15, 0.2) is 5.13 Å². The van der Waals surface area contributed by atoms with Crippen molar-refractivity contribution in [2.75, 3.05) is 31.1 Å². The molecule has 8 heteroatoms. The third-order valence-electron chi connectivity index (χ3n) is 5.22. The summed E-state index contributed by atoms with van der Waals surface area (Å²) in [4.78, 5) is 7.31. The third-order valence-corrected chi connectivity index (χ3v) is 8.51. The van der Waals surface area contributed by atoms with E-state index in [2.05, 4.69) is 57.4 Å². The Kier molecular flexibility index (Phi) is 6.57. The molecule has 2 heterocycles. The Morgan fingerprint density at radius 1 is 1.07 bits per heavy atom. The molecule has 1 aliphatic rings. The van der Waals surface area contributed by atoms with E-state index >= 15 is 0 Å². The van der Waals surface area contributed by atoms with E-state index in [9.17, 15) is 8.42 Å². The summed E-state index contributed by atoms with van der Waals surface area (Å²) in [6.07, 6.45) is 2.24. The van der Waals surface area contributed by atoms with Gasteiger partial charge in [0.1, 0.15) is 0 Å². The maximum Gasteiger partial charge on any atom is 0.243 e. The largest absolute Gasteiger partial charge is 0.345 e. The first-order valence-corrected chi connectivity index (χ1v) is 13.1. The van der Waals surface area contributed by atoms with Crippen LogP contribution in [0, 0.1) is 0 Å². The number of halogens is 1. The summed E-state index contributed by atoms with van der Waals surface area (Å²) >= 11 is 4.97. The SMILES string of the molecule is CCCc1ccc(-c2csc(N3CCN(S(=O)(=O)c4cccc(Br)c4)CC3)n2)cc1. The lowest BCUT2D eigenvalue weighted by molar-refractivity contribution is 0.385. The molecule has 4 rings (SSSR count). The third kappa shape index (κ3) is 4.61. The number of anilines is 1. The van der Waals surface area contributed by atoms with Crippen LogP contribution >= 0.6 is 27.3 Å². The molecular formula is C22H24BrN3O2S2. The minimum atomic E-state index is -3.48. The Morgan fingerprint density at radius 2 is 1.80 bits per heavy atom. The van der Waals surface area contributed by atoms with E-state index in [-0.39, 0.29) is 0 Å². The Bertz CT molecular complexity index is 1110. The van der Waals surface area contributed by atoms with Gasteiger partial charge in [-0.15, -0.1) is 11.3 Å². The van der Waals surface area contributed by atoms with E-state index < -0.39 is 10.0 Å². The minimum Gasteiger partial charge on any atom is -0.345 e. The van der Waals surface area contributed by atoms with Gasteiger partial charge in [-0.05, 0) is 30.2 Å². The topological polar surface area (TPSA) is 53.5 Å². The molecule has 0 atom stereocenters. The van der Waals surface area contributed by atoms with E-state index in [1.165, 1.54) is 5.56 Å². The van der Waals surface area contributed by atoms with Crippen LogP contribution in [0.15, 0.2) is 63.3 Å². The van der Waals surface area contributed by atoms with Crippen LogP contribution in [-0.4, -0.2) is 43.9 Å². The van der Waals surface area contributed by atoms with Crippen LogP contribution in [0.1, 0.15) is 18.9 Å². The van der Waals surface area contributed by atoms with Gasteiger partial charge in [-0.1, -0.05) is 59.6 Å². The summed E-state index contributed by atoms with van der Waals surface area (Å²) in [5.41, 5.74) is 3.44. The molecule has 5 nitrogen and oxygen atoms in total. The molecule has 1 saturated heterocycles. The molecular weight excluding hydrogens is 482 g/mol. The predicted octanol–water partition coefficient (Wildman–Crippen LogP) is 5.04. The summed E-state index contributed by atoms with van der Waals surface area (Å²) in [7, 11) is -3.48. The van der Waals surface area contributed by atoms with Crippen molar-refractivity contribution in [3.63, 3.8) is 0 Å². The quantitative estimate of drug-likeness (QED) is 0.471. The number of hydrogen-bond acceptors (Lipinski definition) is 5. The number of aryl methyl sites for hydroxylation is 1. The first kappa shape index (κ1) is 21.5. The van der Waals surface area contributed by atoms with E-state index in [1.807, 2.05) is 6.07 Å². The molecule has 0 spiro atoms. The average Bonchev–Trinajstić information content (AvgIpc) is 3.25. The molecule has 158 valence electrons. The number of sulfonamides is 1. The monoisotopic (exact) mass is 505 g/mol. The van der Waals surface area contributed by atoms with Gasteiger partial charge in [0.05, 0.1) is 10.6 Å². The van der Waals surface area contributed by atoms with Gasteiger partial charge in [0.25, 0.3) is 0 Å². The number of nitrogens with zero attached hydrogens (tertiary/aromatic N) is 3. The summed E-state index contributed by atoms with van der Waals surface area (Å²) in [6, 6.07) is 15.5. The Morgan fingerprint density at radius 3 is 2.47 bits per heavy atom. The van der Waals surface area contributed by atoms with Crippen LogP contribution in [-0.2, 0) is 16.4 Å². The van der Waals surface area contributed by atoms with Gasteiger partial charge in [-0.2, -0.15) is 4.31 Å². The van der Waals surface area contributed by atoms with Crippen LogP contribution in [0.3, 0.4) is 0 Å². The second-order valence-corrected chi connectivity index (χ2v) is 11.0. The summed E-state index contributed by atoms with van der Waals surface area (Å²) in [5, 5.41) is 3.02. The zero-order chi connectivity index (χ0) is 21.1. The molecule has 0 aliphatic carbocycles. The van der Waals surface area contributed by atoms with Crippen molar-refractivity contribution in [1.29, 1.82) is 0 Å². The Labute approximate surface area is 190 Å². The second kappa shape index (κ2) is 9.18. The van der Waals surface area contributed by atoms with Crippen molar-refractivity contribution < 1.29 is 8.42 Å². The lowest BCUT2D eigenvalue weighted by Crippen LogP contribution is -2.48. The summed E-state index contributed by atoms with van der Waals surface area (Å²) in [6.45, 7) is 4.36. The van der Waals surface area contributed by atoms with Crippen molar-refractivity contribution in [3.05, 3.63) is 63.9 Å². The van der Waals surface area contributed by atoms with E-state index in [0.29, 0.717) is 31.1 Å². The number of aromatic nitrogens is 1. The number of thiazole rings is 1. The van der Waals surface area contributed by atoms with Crippen molar-refractivity contribution >= 4 is 42.4 Å². The average molecular weight is 506 g/mol. The zero-order valence-corrected chi connectivity index (χ0v) is 20.0. The van der Waals surface area contributed by atoms with Crippen LogP contribution < -0.4 is 4.90 Å². The summed E-state index contributed by atoms with van der Waals surface area (Å²) < 4.78 is 28.2. The molecule has 2 aromatic carbocycles.